The summed E-state index contributed by atoms with van der Waals surface area (Å²) in [4.78, 5) is 26.0. The Bertz CT molecular complexity index is 849. The molecule has 0 saturated heterocycles. The number of nitrogens with zero attached hydrogens (tertiary/aromatic N) is 1. The topological polar surface area (TPSA) is 69.6 Å². The van der Waals surface area contributed by atoms with E-state index in [1.54, 1.807) is 0 Å². The van der Waals surface area contributed by atoms with Crippen LogP contribution in [0.15, 0.2) is 48.5 Å². The van der Waals surface area contributed by atoms with Crippen LogP contribution in [0.5, 0.6) is 0 Å². The van der Waals surface area contributed by atoms with Gasteiger partial charge in [-0.25, -0.2) is 4.79 Å². The molecule has 2 N–H and O–H groups in total. The molecule has 2 aromatic rings. The first-order valence-electron chi connectivity index (χ1n) is 9.08. The number of hydrogen-bond donors (Lipinski definition) is 2. The van der Waals surface area contributed by atoms with Gasteiger partial charge in [-0.05, 0) is 41.5 Å². The molecule has 0 saturated carbocycles. The van der Waals surface area contributed by atoms with E-state index in [-0.39, 0.29) is 18.5 Å². The van der Waals surface area contributed by atoms with Gasteiger partial charge in [0.25, 0.3) is 0 Å². The lowest BCUT2D eigenvalue weighted by Gasteiger charge is -2.35. The van der Waals surface area contributed by atoms with Crippen molar-refractivity contribution in [2.75, 3.05) is 0 Å². The van der Waals surface area contributed by atoms with E-state index in [0.29, 0.717) is 6.42 Å². The zero-order chi connectivity index (χ0) is 18.1. The molecule has 0 fully saturated rings. The van der Waals surface area contributed by atoms with Crippen molar-refractivity contribution >= 4 is 12.0 Å². The molecule has 5 heteroatoms. The summed E-state index contributed by atoms with van der Waals surface area (Å²) in [5, 5.41) is 12.7. The molecule has 2 atom stereocenters. The molecule has 0 aromatic heterocycles. The number of benzene rings is 2. The highest BCUT2D eigenvalue weighted by atomic mass is 16.4. The first-order chi connectivity index (χ1) is 12.6. The van der Waals surface area contributed by atoms with Crippen LogP contribution in [0.1, 0.15) is 41.1 Å². The van der Waals surface area contributed by atoms with Crippen LogP contribution in [0.3, 0.4) is 0 Å². The van der Waals surface area contributed by atoms with E-state index in [9.17, 15) is 14.7 Å². The van der Waals surface area contributed by atoms with Gasteiger partial charge in [-0.1, -0.05) is 48.5 Å². The Morgan fingerprint density at radius 2 is 1.69 bits per heavy atom. The average molecular weight is 350 g/mol. The number of nitrogens with one attached hydrogen (secondary N) is 1. The Kier molecular flexibility index (Phi) is 4.37. The number of amides is 2. The van der Waals surface area contributed by atoms with E-state index in [1.807, 2.05) is 36.4 Å². The van der Waals surface area contributed by atoms with Crippen LogP contribution in [-0.4, -0.2) is 28.0 Å². The molecule has 0 spiro atoms. The van der Waals surface area contributed by atoms with Gasteiger partial charge in [0.15, 0.2) is 0 Å². The summed E-state index contributed by atoms with van der Waals surface area (Å²) < 4.78 is 0. The predicted molar refractivity (Wildman–Crippen MR) is 97.8 cm³/mol. The molecule has 26 heavy (non-hydrogen) atoms. The van der Waals surface area contributed by atoms with Crippen molar-refractivity contribution in [3.63, 3.8) is 0 Å². The summed E-state index contributed by atoms with van der Waals surface area (Å²) >= 11 is 0. The maximum absolute atomic E-state index is 13.0. The molecule has 134 valence electrons. The molecule has 1 aliphatic carbocycles. The van der Waals surface area contributed by atoms with Gasteiger partial charge in [0.05, 0.1) is 12.6 Å². The van der Waals surface area contributed by atoms with Crippen LogP contribution in [0.25, 0.3) is 0 Å². The summed E-state index contributed by atoms with van der Waals surface area (Å²) in [7, 11) is 0. The van der Waals surface area contributed by atoms with Crippen molar-refractivity contribution in [1.29, 1.82) is 0 Å². The third kappa shape index (κ3) is 3.05. The molecule has 5 nitrogen and oxygen atoms in total. The highest BCUT2D eigenvalue weighted by Crippen LogP contribution is 2.30. The summed E-state index contributed by atoms with van der Waals surface area (Å²) in [5.41, 5.74) is 4.45. The largest absolute Gasteiger partial charge is 0.465 e. The summed E-state index contributed by atoms with van der Waals surface area (Å²) in [5.74, 6) is -0.205. The quantitative estimate of drug-likeness (QED) is 0.873. The Morgan fingerprint density at radius 1 is 1.00 bits per heavy atom. The average Bonchev–Trinajstić information content (AvgIpc) is 2.67. The van der Waals surface area contributed by atoms with Gasteiger partial charge in [0, 0.05) is 6.42 Å². The molecule has 2 amide bonds. The normalized spacial score (nSPS) is 21.5. The molecule has 1 heterocycles. The van der Waals surface area contributed by atoms with E-state index in [4.69, 9.17) is 0 Å². The van der Waals surface area contributed by atoms with Crippen molar-refractivity contribution in [3.8, 4) is 0 Å². The van der Waals surface area contributed by atoms with E-state index >= 15 is 0 Å². The Balaban J connectivity index is 1.57. The van der Waals surface area contributed by atoms with Crippen molar-refractivity contribution in [3.05, 3.63) is 70.8 Å². The maximum atomic E-state index is 13.0. The first-order valence-corrected chi connectivity index (χ1v) is 9.08. The van der Waals surface area contributed by atoms with Crippen LogP contribution in [0.4, 0.5) is 4.79 Å². The fraction of sp³-hybridized carbons (Fsp3) is 0.333. The van der Waals surface area contributed by atoms with Gasteiger partial charge in [0.2, 0.25) is 5.91 Å². The van der Waals surface area contributed by atoms with Crippen LogP contribution in [0, 0.1) is 0 Å². The molecule has 1 aliphatic heterocycles. The van der Waals surface area contributed by atoms with Crippen LogP contribution in [0.2, 0.25) is 0 Å². The fourth-order valence-corrected chi connectivity index (χ4v) is 4.13. The number of carboxylic acid groups (broad SMARTS) is 1. The van der Waals surface area contributed by atoms with E-state index in [0.717, 1.165) is 36.0 Å². The standard InChI is InChI=1S/C21H22N2O3/c24-20(22-18-11-5-9-14-6-3-4-10-17(14)18)19-12-15-7-1-2-8-16(15)13-23(19)21(25)26/h1-4,6-8,10,18-19H,5,9,11-13H2,(H,22,24)(H,25,26)/t18-,19?/m1/s1. The van der Waals surface area contributed by atoms with Crippen LogP contribution < -0.4 is 5.32 Å². The van der Waals surface area contributed by atoms with Crippen LogP contribution >= 0.6 is 0 Å². The van der Waals surface area contributed by atoms with Gasteiger partial charge < -0.3 is 10.4 Å². The van der Waals surface area contributed by atoms with Crippen molar-refractivity contribution in [1.82, 2.24) is 10.2 Å². The van der Waals surface area contributed by atoms with E-state index in [1.165, 1.54) is 10.5 Å². The highest BCUT2D eigenvalue weighted by molar-refractivity contribution is 5.86. The van der Waals surface area contributed by atoms with Gasteiger partial charge in [-0.15, -0.1) is 0 Å². The summed E-state index contributed by atoms with van der Waals surface area (Å²) in [6.07, 6.45) is 2.31. The van der Waals surface area contributed by atoms with Gasteiger partial charge in [-0.3, -0.25) is 9.69 Å². The van der Waals surface area contributed by atoms with Crippen LogP contribution in [-0.2, 0) is 24.2 Å². The number of rotatable bonds is 2. The van der Waals surface area contributed by atoms with Crippen molar-refractivity contribution < 1.29 is 14.7 Å². The zero-order valence-corrected chi connectivity index (χ0v) is 14.5. The predicted octanol–water partition coefficient (Wildman–Crippen LogP) is 3.29. The monoisotopic (exact) mass is 350 g/mol. The first kappa shape index (κ1) is 16.6. The Morgan fingerprint density at radius 3 is 2.46 bits per heavy atom. The number of hydrogen-bond acceptors (Lipinski definition) is 2. The second kappa shape index (κ2) is 6.83. The molecular formula is C21H22N2O3. The van der Waals surface area contributed by atoms with Gasteiger partial charge in [0.1, 0.15) is 6.04 Å². The highest BCUT2D eigenvalue weighted by Gasteiger charge is 2.35. The number of aryl methyl sites for hydroxylation is 1. The zero-order valence-electron chi connectivity index (χ0n) is 14.5. The molecule has 2 aromatic carbocycles. The second-order valence-corrected chi connectivity index (χ2v) is 7.05. The second-order valence-electron chi connectivity index (χ2n) is 7.05. The minimum atomic E-state index is -1.05. The molecule has 0 bridgehead atoms. The lowest BCUT2D eigenvalue weighted by Crippen LogP contribution is -2.52. The molecule has 1 unspecified atom stereocenters. The maximum Gasteiger partial charge on any atom is 0.408 e. The van der Waals surface area contributed by atoms with E-state index < -0.39 is 12.1 Å². The Labute approximate surface area is 152 Å². The molecule has 0 radical (unpaired) electrons. The van der Waals surface area contributed by atoms with Crippen molar-refractivity contribution in [2.24, 2.45) is 0 Å². The van der Waals surface area contributed by atoms with Gasteiger partial charge >= 0.3 is 6.09 Å². The number of fused-ring (bicyclic) bond motifs is 2. The summed E-state index contributed by atoms with van der Waals surface area (Å²) in [6.45, 7) is 0.255. The minimum absolute atomic E-state index is 0.0414. The Hall–Kier alpha value is -2.82. The SMILES string of the molecule is O=C(N[C@@H]1CCCc2ccccc21)C1Cc2ccccc2CN1C(=O)O. The minimum Gasteiger partial charge on any atom is -0.465 e. The lowest BCUT2D eigenvalue weighted by atomic mass is 9.87. The third-order valence-electron chi connectivity index (χ3n) is 5.48. The van der Waals surface area contributed by atoms with Crippen molar-refractivity contribution in [2.45, 2.75) is 44.3 Å². The number of carbonyl (C=O) groups is 2. The third-order valence-corrected chi connectivity index (χ3v) is 5.48. The number of carbonyl (C=O) groups excluding carboxylic acids is 1. The van der Waals surface area contributed by atoms with E-state index in [2.05, 4.69) is 17.4 Å². The lowest BCUT2D eigenvalue weighted by molar-refractivity contribution is -0.127. The molecule has 4 rings (SSSR count). The molecule has 2 aliphatic rings. The smallest absolute Gasteiger partial charge is 0.408 e. The molecular weight excluding hydrogens is 328 g/mol. The fourth-order valence-electron chi connectivity index (χ4n) is 4.13. The van der Waals surface area contributed by atoms with Gasteiger partial charge in [-0.2, -0.15) is 0 Å². The summed E-state index contributed by atoms with van der Waals surface area (Å²) in [6, 6.07) is 15.2.